The Morgan fingerprint density at radius 3 is 2.48 bits per heavy atom. The van der Waals surface area contributed by atoms with Crippen molar-refractivity contribution in [1.82, 2.24) is 5.32 Å². The monoisotopic (exact) mass is 308 g/mol. The van der Waals surface area contributed by atoms with Crippen LogP contribution in [0.5, 0.6) is 0 Å². The van der Waals surface area contributed by atoms with Crippen molar-refractivity contribution in [2.24, 2.45) is 5.41 Å². The molecular formula is C18H29ClN2. The molecule has 118 valence electrons. The first-order chi connectivity index (χ1) is 9.93. The maximum absolute atomic E-state index is 6.45. The van der Waals surface area contributed by atoms with Crippen molar-refractivity contribution in [3.05, 3.63) is 28.8 Å². The van der Waals surface area contributed by atoms with Gasteiger partial charge in [0.15, 0.2) is 0 Å². The molecule has 1 fully saturated rings. The van der Waals surface area contributed by atoms with Crippen LogP contribution in [0.2, 0.25) is 5.02 Å². The van der Waals surface area contributed by atoms with E-state index in [0.29, 0.717) is 11.5 Å². The predicted molar refractivity (Wildman–Crippen MR) is 93.3 cm³/mol. The van der Waals surface area contributed by atoms with Gasteiger partial charge in [-0.05, 0) is 36.0 Å². The summed E-state index contributed by atoms with van der Waals surface area (Å²) in [6.45, 7) is 12.2. The topological polar surface area (TPSA) is 15.3 Å². The van der Waals surface area contributed by atoms with Crippen molar-refractivity contribution in [2.75, 3.05) is 18.0 Å². The summed E-state index contributed by atoms with van der Waals surface area (Å²) in [5, 5.41) is 4.30. The third-order valence-corrected chi connectivity index (χ3v) is 5.28. The van der Waals surface area contributed by atoms with Gasteiger partial charge in [-0.25, -0.2) is 0 Å². The van der Waals surface area contributed by atoms with E-state index in [2.05, 4.69) is 56.1 Å². The molecule has 1 aliphatic rings. The lowest BCUT2D eigenvalue weighted by Crippen LogP contribution is -2.38. The number of nitrogens with one attached hydrogen (secondary N) is 1. The summed E-state index contributed by atoms with van der Waals surface area (Å²) in [7, 11) is 0. The molecule has 1 aromatic rings. The molecule has 0 aliphatic carbocycles. The third kappa shape index (κ3) is 4.37. The van der Waals surface area contributed by atoms with Gasteiger partial charge < -0.3 is 10.2 Å². The summed E-state index contributed by atoms with van der Waals surface area (Å²) in [5.74, 6) is 0. The first kappa shape index (κ1) is 16.6. The number of anilines is 1. The molecule has 1 aliphatic heterocycles. The smallest absolute Gasteiger partial charge is 0.0471 e. The van der Waals surface area contributed by atoms with Gasteiger partial charge in [0.25, 0.3) is 0 Å². The lowest BCUT2D eigenvalue weighted by atomic mass is 9.78. The van der Waals surface area contributed by atoms with Crippen LogP contribution in [0.3, 0.4) is 0 Å². The van der Waals surface area contributed by atoms with Crippen LogP contribution in [-0.4, -0.2) is 19.1 Å². The van der Waals surface area contributed by atoms with Crippen molar-refractivity contribution < 1.29 is 0 Å². The van der Waals surface area contributed by atoms with Gasteiger partial charge in [-0.3, -0.25) is 0 Å². The molecule has 0 bridgehead atoms. The Hall–Kier alpha value is -0.730. The minimum atomic E-state index is 0.481. The van der Waals surface area contributed by atoms with Gasteiger partial charge in [0.05, 0.1) is 0 Å². The minimum absolute atomic E-state index is 0.481. The van der Waals surface area contributed by atoms with E-state index in [1.54, 1.807) is 0 Å². The zero-order valence-electron chi connectivity index (χ0n) is 13.9. The first-order valence-electron chi connectivity index (χ1n) is 8.20. The standard InChI is InChI=1S/C18H29ClN2/c1-5-18(4)8-10-21(11-9-18)16-7-6-15(17(19)12-16)13-20-14(2)3/h6-7,12,14,20H,5,8-11,13H2,1-4H3. The maximum atomic E-state index is 6.45. The molecule has 0 spiro atoms. The SMILES string of the molecule is CCC1(C)CCN(c2ccc(CNC(C)C)c(Cl)c2)CC1. The van der Waals surface area contributed by atoms with Crippen LogP contribution in [0.15, 0.2) is 18.2 Å². The largest absolute Gasteiger partial charge is 0.371 e. The quantitative estimate of drug-likeness (QED) is 0.836. The van der Waals surface area contributed by atoms with E-state index in [0.717, 1.165) is 24.7 Å². The number of rotatable bonds is 5. The van der Waals surface area contributed by atoms with Gasteiger partial charge >= 0.3 is 0 Å². The van der Waals surface area contributed by atoms with Gasteiger partial charge in [-0.15, -0.1) is 0 Å². The molecule has 1 N–H and O–H groups in total. The summed E-state index contributed by atoms with van der Waals surface area (Å²) in [5.41, 5.74) is 2.98. The fourth-order valence-electron chi connectivity index (χ4n) is 2.85. The second kappa shape index (κ2) is 7.02. The average Bonchev–Trinajstić information content (AvgIpc) is 2.46. The number of nitrogens with zero attached hydrogens (tertiary/aromatic N) is 1. The lowest BCUT2D eigenvalue weighted by molar-refractivity contribution is 0.238. The summed E-state index contributed by atoms with van der Waals surface area (Å²) < 4.78 is 0. The molecule has 2 nitrogen and oxygen atoms in total. The number of hydrogen-bond donors (Lipinski definition) is 1. The summed E-state index contributed by atoms with van der Waals surface area (Å²) in [4.78, 5) is 2.48. The minimum Gasteiger partial charge on any atom is -0.371 e. The van der Waals surface area contributed by atoms with E-state index in [1.165, 1.54) is 30.5 Å². The molecule has 1 saturated heterocycles. The molecule has 0 amide bonds. The highest BCUT2D eigenvalue weighted by Gasteiger charge is 2.28. The molecule has 21 heavy (non-hydrogen) atoms. The van der Waals surface area contributed by atoms with Crippen LogP contribution in [-0.2, 0) is 6.54 Å². The van der Waals surface area contributed by atoms with Crippen LogP contribution < -0.4 is 10.2 Å². The number of halogens is 1. The molecule has 3 heteroatoms. The van der Waals surface area contributed by atoms with Crippen LogP contribution in [0.4, 0.5) is 5.69 Å². The Labute approximate surface area is 134 Å². The Kier molecular flexibility index (Phi) is 5.56. The third-order valence-electron chi connectivity index (χ3n) is 4.93. The molecule has 1 aromatic carbocycles. The maximum Gasteiger partial charge on any atom is 0.0471 e. The van der Waals surface area contributed by atoms with Crippen molar-refractivity contribution in [2.45, 2.75) is 59.5 Å². The van der Waals surface area contributed by atoms with Gasteiger partial charge in [-0.1, -0.05) is 51.8 Å². The number of benzene rings is 1. The normalized spacial score (nSPS) is 18.3. The Bertz CT molecular complexity index is 462. The molecule has 0 unspecified atom stereocenters. The van der Waals surface area contributed by atoms with Crippen LogP contribution >= 0.6 is 11.6 Å². The summed E-state index contributed by atoms with van der Waals surface area (Å²) >= 11 is 6.45. The fraction of sp³-hybridized carbons (Fsp3) is 0.667. The lowest BCUT2D eigenvalue weighted by Gasteiger charge is -2.40. The molecule has 1 heterocycles. The van der Waals surface area contributed by atoms with Gasteiger partial charge in [0.2, 0.25) is 0 Å². The van der Waals surface area contributed by atoms with Gasteiger partial charge in [0, 0.05) is 36.4 Å². The molecular weight excluding hydrogens is 280 g/mol. The highest BCUT2D eigenvalue weighted by Crippen LogP contribution is 2.36. The molecule has 0 aromatic heterocycles. The second-order valence-corrected chi connectivity index (χ2v) is 7.37. The number of piperidine rings is 1. The van der Waals surface area contributed by atoms with Crippen molar-refractivity contribution in [1.29, 1.82) is 0 Å². The Morgan fingerprint density at radius 1 is 1.29 bits per heavy atom. The highest BCUT2D eigenvalue weighted by atomic mass is 35.5. The summed E-state index contributed by atoms with van der Waals surface area (Å²) in [6, 6.07) is 7.00. The van der Waals surface area contributed by atoms with E-state index in [4.69, 9.17) is 11.6 Å². The van der Waals surface area contributed by atoms with Crippen LogP contribution in [0.25, 0.3) is 0 Å². The van der Waals surface area contributed by atoms with Crippen LogP contribution in [0, 0.1) is 5.41 Å². The van der Waals surface area contributed by atoms with Gasteiger partial charge in [0.1, 0.15) is 0 Å². The van der Waals surface area contributed by atoms with E-state index in [1.807, 2.05) is 0 Å². The molecule has 2 rings (SSSR count). The number of hydrogen-bond acceptors (Lipinski definition) is 2. The Balaban J connectivity index is 2.00. The van der Waals surface area contributed by atoms with Crippen molar-refractivity contribution in [3.63, 3.8) is 0 Å². The van der Waals surface area contributed by atoms with Crippen LogP contribution in [0.1, 0.15) is 52.5 Å². The second-order valence-electron chi connectivity index (χ2n) is 6.96. The Morgan fingerprint density at radius 2 is 1.95 bits per heavy atom. The van der Waals surface area contributed by atoms with Gasteiger partial charge in [-0.2, -0.15) is 0 Å². The highest BCUT2D eigenvalue weighted by molar-refractivity contribution is 6.31. The van der Waals surface area contributed by atoms with E-state index in [-0.39, 0.29) is 0 Å². The molecule has 0 radical (unpaired) electrons. The average molecular weight is 309 g/mol. The molecule has 0 saturated carbocycles. The summed E-state index contributed by atoms with van der Waals surface area (Å²) in [6.07, 6.45) is 3.83. The van der Waals surface area contributed by atoms with Crippen molar-refractivity contribution >= 4 is 17.3 Å². The zero-order chi connectivity index (χ0) is 15.5. The fourth-order valence-corrected chi connectivity index (χ4v) is 3.09. The van der Waals surface area contributed by atoms with Crippen molar-refractivity contribution in [3.8, 4) is 0 Å². The van der Waals surface area contributed by atoms with E-state index >= 15 is 0 Å². The first-order valence-corrected chi connectivity index (χ1v) is 8.58. The van der Waals surface area contributed by atoms with E-state index in [9.17, 15) is 0 Å². The zero-order valence-corrected chi connectivity index (χ0v) is 14.6. The van der Waals surface area contributed by atoms with E-state index < -0.39 is 0 Å². The predicted octanol–water partition coefficient (Wildman–Crippen LogP) is 4.85. The molecule has 0 atom stereocenters.